The van der Waals surface area contributed by atoms with Crippen LogP contribution in [-0.2, 0) is 26.2 Å². The second kappa shape index (κ2) is 22.5. The number of fused-ring (bicyclic) bond motifs is 3. The molecule has 1 saturated heterocycles. The van der Waals surface area contributed by atoms with Crippen molar-refractivity contribution in [3.8, 4) is 16.8 Å². The number of nitrogens with one attached hydrogen (secondary N) is 1. The molecule has 4 heterocycles. The van der Waals surface area contributed by atoms with Crippen molar-refractivity contribution in [1.29, 1.82) is 5.26 Å². The fourth-order valence-electron chi connectivity index (χ4n) is 10.5. The average molecular weight is 1060 g/mol. The molecule has 6 aromatic rings. The molecule has 2 aliphatic heterocycles. The first-order chi connectivity index (χ1) is 35.3. The van der Waals surface area contributed by atoms with Crippen LogP contribution in [0.15, 0.2) is 83.9 Å². The van der Waals surface area contributed by atoms with Gasteiger partial charge in [-0.2, -0.15) is 5.26 Å². The third-order valence-corrected chi connectivity index (χ3v) is 15.9. The Hall–Kier alpha value is -5.95. The number of benzene rings is 4. The Balaban J connectivity index is 0.893. The van der Waals surface area contributed by atoms with Gasteiger partial charge in [-0.1, -0.05) is 92.5 Å². The summed E-state index contributed by atoms with van der Waals surface area (Å²) >= 11 is 14.3. The van der Waals surface area contributed by atoms with Crippen molar-refractivity contribution in [3.63, 3.8) is 0 Å². The predicted octanol–water partition coefficient (Wildman–Crippen LogP) is 12.6. The largest absolute Gasteiger partial charge is 0.496 e. The minimum absolute atomic E-state index is 0.0180. The fraction of sp³-hybridized carbons (Fsp3) is 0.397. The highest BCUT2D eigenvalue weighted by atomic mass is 35.5. The van der Waals surface area contributed by atoms with E-state index in [4.69, 9.17) is 37.7 Å². The van der Waals surface area contributed by atoms with Crippen LogP contribution in [0.3, 0.4) is 0 Å². The third-order valence-electron chi connectivity index (χ3n) is 14.2. The van der Waals surface area contributed by atoms with Crippen molar-refractivity contribution < 1.29 is 32.6 Å². The number of methoxy groups -OCH3 is 1. The number of ketones is 3. The van der Waals surface area contributed by atoms with Gasteiger partial charge < -0.3 is 14.8 Å². The summed E-state index contributed by atoms with van der Waals surface area (Å²) in [6, 6.07) is 21.5. The van der Waals surface area contributed by atoms with E-state index in [9.17, 15) is 19.6 Å². The Morgan fingerprint density at radius 1 is 0.932 bits per heavy atom. The number of nitrogens with zero attached hydrogens (tertiary/aromatic N) is 5. The summed E-state index contributed by atoms with van der Waals surface area (Å²) in [6.45, 7) is 14.4. The molecule has 5 atom stereocenters. The highest BCUT2D eigenvalue weighted by Gasteiger charge is 2.61. The van der Waals surface area contributed by atoms with Gasteiger partial charge in [0, 0.05) is 88.6 Å². The normalized spacial score (nSPS) is 19.3. The Labute approximate surface area is 445 Å². The highest BCUT2D eigenvalue weighted by molar-refractivity contribution is 7.15. The highest BCUT2D eigenvalue weighted by Crippen LogP contribution is 2.53. The number of nitriles is 1. The molecule has 0 unspecified atom stereocenters. The van der Waals surface area contributed by atoms with Crippen molar-refractivity contribution in [2.45, 2.75) is 123 Å². The van der Waals surface area contributed by atoms with E-state index in [1.807, 2.05) is 56.5 Å². The Bertz CT molecular complexity index is 3190. The topological polar surface area (TPSA) is 149 Å². The molecule has 2 aliphatic rings. The van der Waals surface area contributed by atoms with E-state index in [2.05, 4.69) is 35.4 Å². The van der Waals surface area contributed by atoms with Crippen molar-refractivity contribution in [1.82, 2.24) is 20.1 Å². The maximum Gasteiger partial charge on any atom is 0.163 e. The number of carbonyl (C=O) groups excluding carboxylic acids is 3. The van der Waals surface area contributed by atoms with E-state index in [-0.39, 0.29) is 64.6 Å². The summed E-state index contributed by atoms with van der Waals surface area (Å²) in [7, 11) is 1.45. The molecule has 386 valence electrons. The summed E-state index contributed by atoms with van der Waals surface area (Å²) in [5, 5.41) is 25.0. The van der Waals surface area contributed by atoms with E-state index in [1.165, 1.54) is 25.3 Å². The van der Waals surface area contributed by atoms with Crippen LogP contribution in [0.5, 0.6) is 5.75 Å². The second-order valence-corrected chi connectivity index (χ2v) is 22.7. The van der Waals surface area contributed by atoms with Gasteiger partial charge in [-0.3, -0.25) is 23.9 Å². The van der Waals surface area contributed by atoms with Crippen LogP contribution in [0.2, 0.25) is 10.0 Å². The second-order valence-electron chi connectivity index (χ2n) is 20.6. The van der Waals surface area contributed by atoms with E-state index in [0.717, 1.165) is 38.1 Å². The molecular weight excluding hydrogens is 1000 g/mol. The van der Waals surface area contributed by atoms with Crippen LogP contribution in [0.1, 0.15) is 137 Å². The van der Waals surface area contributed by atoms with Crippen molar-refractivity contribution in [2.75, 3.05) is 20.3 Å². The van der Waals surface area contributed by atoms with Gasteiger partial charge >= 0.3 is 0 Å². The monoisotopic (exact) mass is 1060 g/mol. The number of hydrogen-bond donors (Lipinski definition) is 1. The molecule has 74 heavy (non-hydrogen) atoms. The molecular formula is C58H60Cl2F2N6O5S. The molecule has 16 heteroatoms. The number of Topliss-reactive ketones (excluding diaryl/α,β-unsaturated/α-hetero) is 3. The standard InChI is InChI=1S/C58H60Cl2F2N6O5S/c1-32-16-23-42(44(61)26-32)58(31-63)49(30-57(5,6)7)65-54(51(58)41-13-9-14-43(60)52(41)62)47(71)27-38-18-17-37(28-48(38)72-8)46(70)15-11-25-73-24-10-12-40(69)29-45-55-67-66-35(4)68(55)56-50(33(2)34(3)74-56)53(64-45)36-19-21-39(59)22-20-36/h9,13-14,16-23,26,28,45,49,51,54,65H,10-12,15,24-25,27,29-30H2,1-8H3/t45-,49-,51-,54-,58-/m0/s1. The lowest BCUT2D eigenvalue weighted by molar-refractivity contribution is -0.121. The Kier molecular flexibility index (Phi) is 16.5. The maximum atomic E-state index is 16.2. The van der Waals surface area contributed by atoms with E-state index in [1.54, 1.807) is 54.7 Å². The smallest absolute Gasteiger partial charge is 0.163 e. The fourth-order valence-corrected chi connectivity index (χ4v) is 12.0. The minimum atomic E-state index is -1.72. The summed E-state index contributed by atoms with van der Waals surface area (Å²) in [4.78, 5) is 48.1. The van der Waals surface area contributed by atoms with Crippen LogP contribution in [-0.4, -0.2) is 70.2 Å². The molecule has 0 saturated carbocycles. The number of carbonyl (C=O) groups is 3. The zero-order valence-corrected chi connectivity index (χ0v) is 45.2. The number of aliphatic imine (C=N–C) groups is 1. The molecule has 2 aromatic heterocycles. The number of ether oxygens (including phenoxy) is 2. The zero-order chi connectivity index (χ0) is 53.2. The van der Waals surface area contributed by atoms with Gasteiger partial charge in [0.2, 0.25) is 0 Å². The van der Waals surface area contributed by atoms with Gasteiger partial charge in [-0.05, 0) is 99.4 Å². The first-order valence-corrected chi connectivity index (χ1v) is 26.4. The molecule has 0 aliphatic carbocycles. The van der Waals surface area contributed by atoms with Gasteiger partial charge in [-0.25, -0.2) is 8.78 Å². The van der Waals surface area contributed by atoms with Gasteiger partial charge in [-0.15, -0.1) is 21.5 Å². The quantitative estimate of drug-likeness (QED) is 0.0618. The van der Waals surface area contributed by atoms with Crippen molar-refractivity contribution >= 4 is 57.6 Å². The van der Waals surface area contributed by atoms with Crippen molar-refractivity contribution in [3.05, 3.63) is 162 Å². The molecule has 0 radical (unpaired) electrons. The van der Waals surface area contributed by atoms with Crippen LogP contribution in [0, 0.1) is 56.1 Å². The average Bonchev–Trinajstić information content (AvgIpc) is 3.96. The third kappa shape index (κ3) is 11.0. The number of aromatic nitrogens is 3. The Morgan fingerprint density at radius 3 is 2.35 bits per heavy atom. The van der Waals surface area contributed by atoms with Crippen LogP contribution < -0.4 is 10.1 Å². The molecule has 0 spiro atoms. The van der Waals surface area contributed by atoms with Crippen LogP contribution >= 0.6 is 34.5 Å². The molecule has 4 aromatic carbocycles. The first kappa shape index (κ1) is 54.3. The van der Waals surface area contributed by atoms with E-state index < -0.39 is 41.1 Å². The lowest BCUT2D eigenvalue weighted by Gasteiger charge is -2.37. The van der Waals surface area contributed by atoms with E-state index in [0.29, 0.717) is 65.8 Å². The predicted molar refractivity (Wildman–Crippen MR) is 286 cm³/mol. The molecule has 0 amide bonds. The lowest BCUT2D eigenvalue weighted by atomic mass is 9.62. The van der Waals surface area contributed by atoms with Gasteiger partial charge in [0.25, 0.3) is 0 Å². The SMILES string of the molecule is COc1cc(C(=O)CCCOCCCC(=O)C[C@@H]2N=C(c3ccc(Cl)cc3)c3c(sc(C)c3C)-n3c(C)nnc32)ccc1CC(=O)[C@@H]1N[C@@H](CC(C)(C)C)[C@](C#N)(c2ccc(C)cc2F)[C@H]1c1cccc(Cl)c1F. The summed E-state index contributed by atoms with van der Waals surface area (Å²) in [5.41, 5.74) is 3.31. The summed E-state index contributed by atoms with van der Waals surface area (Å²) < 4.78 is 46.1. The number of thiophene rings is 1. The van der Waals surface area contributed by atoms with Crippen molar-refractivity contribution in [2.24, 2.45) is 10.4 Å². The number of aryl methyl sites for hydroxylation is 3. The molecule has 1 fully saturated rings. The Morgan fingerprint density at radius 2 is 1.66 bits per heavy atom. The molecule has 0 bridgehead atoms. The zero-order valence-electron chi connectivity index (χ0n) is 42.9. The van der Waals surface area contributed by atoms with Crippen LogP contribution in [0.25, 0.3) is 5.00 Å². The maximum absolute atomic E-state index is 16.2. The molecule has 11 nitrogen and oxygen atoms in total. The number of hydrogen-bond acceptors (Lipinski definition) is 11. The van der Waals surface area contributed by atoms with Crippen LogP contribution in [0.4, 0.5) is 8.78 Å². The van der Waals surface area contributed by atoms with E-state index >= 15 is 8.78 Å². The molecule has 1 N–H and O–H groups in total. The minimum Gasteiger partial charge on any atom is -0.496 e. The van der Waals surface area contributed by atoms with Gasteiger partial charge in [0.1, 0.15) is 45.4 Å². The lowest BCUT2D eigenvalue weighted by Crippen LogP contribution is -2.44. The molecule has 8 rings (SSSR count). The summed E-state index contributed by atoms with van der Waals surface area (Å²) in [6.07, 6.45) is 1.69. The number of halogens is 4. The first-order valence-electron chi connectivity index (χ1n) is 24.8. The van der Waals surface area contributed by atoms with Gasteiger partial charge in [0.05, 0.1) is 30.0 Å². The summed E-state index contributed by atoms with van der Waals surface area (Å²) in [5.74, 6) is -1.44. The number of rotatable bonds is 19. The van der Waals surface area contributed by atoms with Gasteiger partial charge in [0.15, 0.2) is 17.4 Å².